The van der Waals surface area contributed by atoms with Gasteiger partial charge in [-0.1, -0.05) is 58.7 Å². The molecule has 1 heterocycles. The van der Waals surface area contributed by atoms with Crippen LogP contribution in [-0.2, 0) is 11.3 Å². The molecule has 0 aromatic heterocycles. The minimum Gasteiger partial charge on any atom is -0.496 e. The summed E-state index contributed by atoms with van der Waals surface area (Å²) in [6.07, 6.45) is 4.32. The van der Waals surface area contributed by atoms with Gasteiger partial charge in [0.2, 0.25) is 0 Å². The van der Waals surface area contributed by atoms with Crippen molar-refractivity contribution in [1.82, 2.24) is 5.53 Å². The Kier molecular flexibility index (Phi) is 13.2. The predicted octanol–water partition coefficient (Wildman–Crippen LogP) is 5.54. The molecule has 10 nitrogen and oxygen atoms in total. The molecule has 0 aliphatic carbocycles. The quantitative estimate of drug-likeness (QED) is 0.0962. The largest absolute Gasteiger partial charge is 0.496 e. The van der Waals surface area contributed by atoms with E-state index < -0.39 is 6.10 Å². The van der Waals surface area contributed by atoms with Gasteiger partial charge in [0.15, 0.2) is 17.7 Å². The van der Waals surface area contributed by atoms with Crippen molar-refractivity contribution in [2.45, 2.75) is 85.5 Å². The molecule has 1 amide bonds. The van der Waals surface area contributed by atoms with Crippen LogP contribution in [-0.4, -0.2) is 37.0 Å². The number of nitrogens with zero attached hydrogens (tertiary/aromatic N) is 2. The van der Waals surface area contributed by atoms with Crippen molar-refractivity contribution in [3.05, 3.63) is 53.6 Å². The molecule has 0 fully saturated rings. The lowest BCUT2D eigenvalue weighted by Crippen LogP contribution is -2.43. The van der Waals surface area contributed by atoms with Gasteiger partial charge in [0.05, 0.1) is 18.4 Å². The molecule has 220 valence electrons. The van der Waals surface area contributed by atoms with Crippen molar-refractivity contribution in [2.75, 3.05) is 12.0 Å². The number of hydrogen-bond acceptors (Lipinski definition) is 8. The lowest BCUT2D eigenvalue weighted by Gasteiger charge is -2.35. The molecule has 2 unspecified atom stereocenters. The number of fused-ring (bicyclic) bond motifs is 1. The van der Waals surface area contributed by atoms with Crippen LogP contribution in [0.4, 0.5) is 10.5 Å². The molecule has 2 atom stereocenters. The molecule has 40 heavy (non-hydrogen) atoms. The Balaban J connectivity index is 0.000000285. The van der Waals surface area contributed by atoms with Crippen LogP contribution in [0.2, 0.25) is 0 Å². The van der Waals surface area contributed by atoms with Crippen LogP contribution >= 0.6 is 0 Å². The van der Waals surface area contributed by atoms with Crippen LogP contribution in [0.15, 0.2) is 47.6 Å². The number of cyclic esters (lactones) is 1. The van der Waals surface area contributed by atoms with Crippen LogP contribution in [0.3, 0.4) is 0 Å². The number of hydrazone groups is 1. The summed E-state index contributed by atoms with van der Waals surface area (Å²) < 4.78 is 16.2. The zero-order chi connectivity index (χ0) is 29.7. The molecule has 0 bridgehead atoms. The van der Waals surface area contributed by atoms with Crippen molar-refractivity contribution in [2.24, 2.45) is 22.6 Å². The lowest BCUT2D eigenvalue weighted by atomic mass is 9.96. The number of amidine groups is 1. The highest BCUT2D eigenvalue weighted by Crippen LogP contribution is 2.31. The number of ether oxygens (including phenoxy) is 3. The number of nitrogens with one attached hydrogen (secondary N) is 1. The molecular formula is C30H45N5O5. The number of para-hydroxylation sites is 1. The zero-order valence-corrected chi connectivity index (χ0v) is 24.6. The van der Waals surface area contributed by atoms with E-state index in [0.29, 0.717) is 23.7 Å². The van der Waals surface area contributed by atoms with E-state index in [-0.39, 0.29) is 29.7 Å². The van der Waals surface area contributed by atoms with E-state index in [2.05, 4.69) is 24.5 Å². The molecule has 5 N–H and O–H groups in total. The molecule has 2 aromatic rings. The van der Waals surface area contributed by atoms with E-state index in [1.54, 1.807) is 25.1 Å². The van der Waals surface area contributed by atoms with E-state index in [1.807, 2.05) is 43.0 Å². The van der Waals surface area contributed by atoms with Gasteiger partial charge in [0.25, 0.3) is 0 Å². The highest BCUT2D eigenvalue weighted by Gasteiger charge is 2.30. The fourth-order valence-corrected chi connectivity index (χ4v) is 4.42. The first kappa shape index (κ1) is 32.4. The maximum Gasteiger partial charge on any atom is 0.414 e. The number of nitrogens with two attached hydrogens (primary N) is 2. The summed E-state index contributed by atoms with van der Waals surface area (Å²) in [5.41, 5.74) is 10.5. The van der Waals surface area contributed by atoms with Gasteiger partial charge in [0, 0.05) is 23.6 Å². The summed E-state index contributed by atoms with van der Waals surface area (Å²) in [4.78, 5) is 26.2. The van der Waals surface area contributed by atoms with Crippen LogP contribution in [0, 0.1) is 5.92 Å². The van der Waals surface area contributed by atoms with Crippen molar-refractivity contribution < 1.29 is 23.8 Å². The first-order valence-corrected chi connectivity index (χ1v) is 13.9. The first-order valence-electron chi connectivity index (χ1n) is 13.9. The Bertz CT molecular complexity index is 1130. The number of ketones is 1. The molecule has 0 radical (unpaired) electrons. The van der Waals surface area contributed by atoms with Gasteiger partial charge in [-0.3, -0.25) is 9.69 Å². The van der Waals surface area contributed by atoms with E-state index in [9.17, 15) is 9.59 Å². The fourth-order valence-electron chi connectivity index (χ4n) is 4.42. The number of hydrazine groups is 1. The van der Waals surface area contributed by atoms with E-state index in [4.69, 9.17) is 25.8 Å². The third-order valence-corrected chi connectivity index (χ3v) is 6.83. The Morgan fingerprint density at radius 1 is 1.12 bits per heavy atom. The summed E-state index contributed by atoms with van der Waals surface area (Å²) in [5.74, 6) is 6.27. The average molecular weight is 556 g/mol. The second kappa shape index (κ2) is 16.3. The molecule has 0 saturated heterocycles. The molecule has 2 aromatic carbocycles. The van der Waals surface area contributed by atoms with Gasteiger partial charge in [-0.05, 0) is 44.4 Å². The Hall–Kier alpha value is -3.79. The maximum atomic E-state index is 12.3. The normalized spacial score (nSPS) is 14.3. The maximum absolute atomic E-state index is 12.3. The number of amides is 1. The number of methoxy groups -OCH3 is 1. The molecule has 1 aliphatic heterocycles. The lowest BCUT2D eigenvalue weighted by molar-refractivity contribution is 0.0924. The number of hydrogen-bond donors (Lipinski definition) is 3. The van der Waals surface area contributed by atoms with Crippen LogP contribution in [0.5, 0.6) is 11.5 Å². The van der Waals surface area contributed by atoms with E-state index >= 15 is 0 Å². The Morgan fingerprint density at radius 2 is 1.80 bits per heavy atom. The predicted molar refractivity (Wildman–Crippen MR) is 159 cm³/mol. The van der Waals surface area contributed by atoms with Crippen LogP contribution in [0.1, 0.15) is 82.6 Å². The third kappa shape index (κ3) is 8.61. The number of anilines is 1. The second-order valence-electron chi connectivity index (χ2n) is 9.75. The van der Waals surface area contributed by atoms with Gasteiger partial charge in [-0.2, -0.15) is 0 Å². The van der Waals surface area contributed by atoms with E-state index in [1.165, 1.54) is 7.11 Å². The third-order valence-electron chi connectivity index (χ3n) is 6.83. The summed E-state index contributed by atoms with van der Waals surface area (Å²) in [6, 6.07) is 13.4. The van der Waals surface area contributed by atoms with Gasteiger partial charge in [0.1, 0.15) is 18.1 Å². The molecule has 0 spiro atoms. The minimum atomic E-state index is -0.475. The van der Waals surface area contributed by atoms with Gasteiger partial charge in [-0.15, -0.1) is 5.10 Å². The van der Waals surface area contributed by atoms with E-state index in [0.717, 1.165) is 43.4 Å². The number of benzene rings is 2. The SMILES string of the molecule is CCC(C)C(=O)c1ccc(OC(C)/C(N)=N/NN)cc1OC.CCCC(CCC)N1C(=O)OCc2ccccc21. The monoisotopic (exact) mass is 555 g/mol. The molecular weight excluding hydrogens is 510 g/mol. The summed E-state index contributed by atoms with van der Waals surface area (Å²) >= 11 is 0. The Labute approximate surface area is 238 Å². The van der Waals surface area contributed by atoms with Crippen LogP contribution < -0.4 is 31.5 Å². The van der Waals surface area contributed by atoms with Crippen LogP contribution in [0.25, 0.3) is 0 Å². The zero-order valence-electron chi connectivity index (χ0n) is 24.6. The van der Waals surface area contributed by atoms with Crippen molar-refractivity contribution in [1.29, 1.82) is 0 Å². The number of rotatable bonds is 13. The topological polar surface area (TPSA) is 142 Å². The molecule has 10 heteroatoms. The highest BCUT2D eigenvalue weighted by atomic mass is 16.6. The second-order valence-corrected chi connectivity index (χ2v) is 9.75. The summed E-state index contributed by atoms with van der Waals surface area (Å²) in [5, 5.41) is 3.66. The fraction of sp³-hybridized carbons (Fsp3) is 0.500. The van der Waals surface area contributed by atoms with Gasteiger partial charge >= 0.3 is 6.09 Å². The highest BCUT2D eigenvalue weighted by molar-refractivity contribution is 6.00. The number of carbonyl (C=O) groups is 2. The molecule has 0 saturated carbocycles. The Morgan fingerprint density at radius 3 is 2.40 bits per heavy atom. The van der Waals surface area contributed by atoms with Crippen molar-refractivity contribution in [3.8, 4) is 11.5 Å². The molecule has 3 rings (SSSR count). The molecule has 1 aliphatic rings. The van der Waals surface area contributed by atoms with Crippen molar-refractivity contribution >= 4 is 23.4 Å². The number of Topliss-reactive ketones (excluding diaryl/α,β-unsaturated/α-hetero) is 1. The van der Waals surface area contributed by atoms with Gasteiger partial charge in [-0.25, -0.2) is 16.2 Å². The van der Waals surface area contributed by atoms with Crippen molar-refractivity contribution in [3.63, 3.8) is 0 Å². The smallest absolute Gasteiger partial charge is 0.414 e. The average Bonchev–Trinajstić information content (AvgIpc) is 2.96. The summed E-state index contributed by atoms with van der Waals surface area (Å²) in [7, 11) is 1.52. The standard InChI is InChI=1S/C15H24N4O3.C15H21NO2/c1-5-9(2)14(20)12-7-6-11(8-13(12)21-4)22-10(3)15(16)18-19-17;1-3-7-13(8-4-2)16-14-10-6-5-9-12(14)11-18-15(16)17/h6-10,19H,5,17H2,1-4H3,(H2,16,18);5-6,9-10,13H,3-4,7-8,11H2,1-2H3. The first-order chi connectivity index (χ1) is 19.2. The number of carbonyl (C=O) groups excluding carboxylic acids is 2. The minimum absolute atomic E-state index is 0.0485. The summed E-state index contributed by atoms with van der Waals surface area (Å²) in [6.45, 7) is 10.3. The van der Waals surface area contributed by atoms with Gasteiger partial charge < -0.3 is 19.9 Å².